The summed E-state index contributed by atoms with van der Waals surface area (Å²) in [4.78, 5) is 0. The quantitative estimate of drug-likeness (QED) is 0.0375. The molecule has 0 radical (unpaired) electrons. The summed E-state index contributed by atoms with van der Waals surface area (Å²) in [5, 5.41) is 9.90. The zero-order valence-electron chi connectivity index (χ0n) is 57.5. The lowest BCUT2D eigenvalue weighted by Crippen LogP contribution is -2.52. The van der Waals surface area contributed by atoms with Gasteiger partial charge in [-0.3, -0.25) is 0 Å². The normalized spacial score (nSPS) is 13.9. The molecule has 0 rings (SSSR count). The summed E-state index contributed by atoms with van der Waals surface area (Å²) in [6.07, 6.45) is 63.9. The molecule has 482 valence electrons. The number of nitrogens with zero attached hydrogens (tertiary/aromatic N) is 4. The Morgan fingerprint density at radius 2 is 0.438 bits per heavy atom. The van der Waals surface area contributed by atoms with Crippen LogP contribution in [-0.2, 0) is 14.2 Å². The molecule has 0 heterocycles. The topological polar surface area (TPSA) is 47.9 Å². The van der Waals surface area contributed by atoms with E-state index in [2.05, 4.69) is 84.1 Å². The van der Waals surface area contributed by atoms with Gasteiger partial charge in [0, 0.05) is 25.9 Å². The smallest absolute Gasteiger partial charge is 0.192 e. The highest BCUT2D eigenvalue weighted by molar-refractivity contribution is 4.59. The first-order valence-corrected chi connectivity index (χ1v) is 36.4. The van der Waals surface area contributed by atoms with Gasteiger partial charge in [-0.05, 0) is 83.5 Å². The molecule has 0 aromatic heterocycles. The van der Waals surface area contributed by atoms with Crippen molar-refractivity contribution < 1.29 is 37.2 Å². The molecular weight excluding hydrogens is 985 g/mol. The maximum Gasteiger partial charge on any atom is 0.192 e. The summed E-state index contributed by atoms with van der Waals surface area (Å²) in [7, 11) is 19.4. The molecule has 3 atom stereocenters. The molecular formula is C72H154N4O4+4. The monoisotopic (exact) mass is 1140 g/mol. The molecule has 0 fully saturated rings. The number of hydrogen-bond donors (Lipinski definition) is 1. The van der Waals surface area contributed by atoms with Crippen LogP contribution in [0.2, 0.25) is 0 Å². The molecule has 1 N–H and O–H groups in total. The van der Waals surface area contributed by atoms with Gasteiger partial charge in [-0.1, -0.05) is 233 Å². The summed E-state index contributed by atoms with van der Waals surface area (Å²) >= 11 is 0. The van der Waals surface area contributed by atoms with Gasteiger partial charge >= 0.3 is 0 Å². The SMILES string of the molecule is CCCCCCCCCCCC[N+](C)(C)CCCCOC(CCCOC(CCCOC(CCCO)[N+](C)(C)CCCCCCCCCCCC)[N+](C)(C)CCCCCCCCCCCC)[N+](C)(C)CCCCCCCCCCCC. The third-order valence-corrected chi connectivity index (χ3v) is 18.6. The van der Waals surface area contributed by atoms with Crippen LogP contribution < -0.4 is 0 Å². The Morgan fingerprint density at radius 1 is 0.237 bits per heavy atom. The van der Waals surface area contributed by atoms with Gasteiger partial charge in [0.25, 0.3) is 0 Å². The standard InChI is InChI=1S/C72H154N4O4/c1-13-17-21-25-29-33-37-41-45-49-61-73(5,6)62-53-54-67-78-71(75(9,10)64-51-47-43-39-35-31-27-23-19-15-3)59-56-69-80-72(76(11,12)65-52-48-44-40-36-32-28-24-20-16-4)60-57-68-79-70(58-55-66-77)74(7,8)63-50-46-42-38-34-30-26-22-18-14-2/h70-72,77H,13-69H2,1-12H3/q+4. The first-order chi connectivity index (χ1) is 38.6. The summed E-state index contributed by atoms with van der Waals surface area (Å²) in [6, 6.07) is 0. The van der Waals surface area contributed by atoms with Crippen LogP contribution in [-0.4, -0.2) is 157 Å². The predicted octanol–water partition coefficient (Wildman–Crippen LogP) is 20.1. The molecule has 0 amide bonds. The van der Waals surface area contributed by atoms with Gasteiger partial charge in [-0.25, -0.2) is 0 Å². The van der Waals surface area contributed by atoms with E-state index in [0.717, 1.165) is 95.8 Å². The Morgan fingerprint density at radius 3 is 0.688 bits per heavy atom. The van der Waals surface area contributed by atoms with E-state index in [1.165, 1.54) is 283 Å². The molecule has 0 bridgehead atoms. The number of hydrogen-bond acceptors (Lipinski definition) is 4. The fraction of sp³-hybridized carbons (Fsp3) is 1.00. The summed E-state index contributed by atoms with van der Waals surface area (Å²) in [5.41, 5.74) is 0. The van der Waals surface area contributed by atoms with Gasteiger partial charge in [-0.15, -0.1) is 0 Å². The second-order valence-electron chi connectivity index (χ2n) is 28.5. The van der Waals surface area contributed by atoms with E-state index in [-0.39, 0.29) is 25.3 Å². The average molecular weight is 1140 g/mol. The minimum absolute atomic E-state index is 0.118. The number of rotatable bonds is 66. The molecule has 0 spiro atoms. The van der Waals surface area contributed by atoms with Crippen LogP contribution in [0.1, 0.15) is 336 Å². The van der Waals surface area contributed by atoms with Crippen molar-refractivity contribution in [3.8, 4) is 0 Å². The molecule has 80 heavy (non-hydrogen) atoms. The summed E-state index contributed by atoms with van der Waals surface area (Å²) in [6.45, 7) is 17.9. The van der Waals surface area contributed by atoms with Crippen LogP contribution in [0, 0.1) is 0 Å². The largest absolute Gasteiger partial charge is 0.396 e. The first kappa shape index (κ1) is 79.7. The molecule has 8 nitrogen and oxygen atoms in total. The van der Waals surface area contributed by atoms with Gasteiger partial charge in [0.15, 0.2) is 18.7 Å². The van der Waals surface area contributed by atoms with Gasteiger partial charge in [0.2, 0.25) is 0 Å². The highest BCUT2D eigenvalue weighted by Gasteiger charge is 2.32. The lowest BCUT2D eigenvalue weighted by Gasteiger charge is -2.39. The van der Waals surface area contributed by atoms with E-state index < -0.39 is 0 Å². The van der Waals surface area contributed by atoms with Crippen molar-refractivity contribution in [3.05, 3.63) is 0 Å². The number of aliphatic hydroxyl groups excluding tert-OH is 1. The Balaban J connectivity index is 5.68. The van der Waals surface area contributed by atoms with Crippen LogP contribution in [0.5, 0.6) is 0 Å². The van der Waals surface area contributed by atoms with E-state index in [1.807, 2.05) is 0 Å². The summed E-state index contributed by atoms with van der Waals surface area (Å²) in [5.74, 6) is 0. The Hall–Kier alpha value is -0.320. The van der Waals surface area contributed by atoms with Crippen molar-refractivity contribution in [1.82, 2.24) is 0 Å². The van der Waals surface area contributed by atoms with Crippen molar-refractivity contribution in [2.45, 2.75) is 355 Å². The molecule has 0 aromatic rings. The molecule has 3 unspecified atom stereocenters. The molecule has 0 aromatic carbocycles. The number of aliphatic hydroxyl groups is 1. The van der Waals surface area contributed by atoms with E-state index in [9.17, 15) is 5.11 Å². The summed E-state index contributed by atoms with van der Waals surface area (Å²) < 4.78 is 24.9. The number of unbranched alkanes of at least 4 members (excludes halogenated alkanes) is 37. The third-order valence-electron chi connectivity index (χ3n) is 18.6. The Bertz CT molecular complexity index is 1250. The third kappa shape index (κ3) is 48.9. The van der Waals surface area contributed by atoms with E-state index >= 15 is 0 Å². The fourth-order valence-corrected chi connectivity index (χ4v) is 12.6. The highest BCUT2D eigenvalue weighted by atomic mass is 16.5. The first-order valence-electron chi connectivity index (χ1n) is 36.4. The van der Waals surface area contributed by atoms with Crippen LogP contribution in [0.3, 0.4) is 0 Å². The molecule has 0 aliphatic carbocycles. The molecule has 8 heteroatoms. The van der Waals surface area contributed by atoms with Crippen LogP contribution in [0.25, 0.3) is 0 Å². The second kappa shape index (κ2) is 55.3. The van der Waals surface area contributed by atoms with E-state index in [4.69, 9.17) is 14.2 Å². The van der Waals surface area contributed by atoms with Crippen molar-refractivity contribution in [2.24, 2.45) is 0 Å². The van der Waals surface area contributed by atoms with Crippen molar-refractivity contribution in [1.29, 1.82) is 0 Å². The van der Waals surface area contributed by atoms with Gasteiger partial charge in [-0.2, -0.15) is 0 Å². The van der Waals surface area contributed by atoms with E-state index in [0.29, 0.717) is 0 Å². The number of quaternary nitrogens is 4. The average Bonchev–Trinajstić information content (AvgIpc) is 3.42. The zero-order chi connectivity index (χ0) is 59.2. The minimum Gasteiger partial charge on any atom is -0.396 e. The molecule has 0 saturated heterocycles. The fourth-order valence-electron chi connectivity index (χ4n) is 12.6. The Kier molecular flexibility index (Phi) is 55.1. The molecule has 0 saturated carbocycles. The van der Waals surface area contributed by atoms with Gasteiger partial charge in [0.1, 0.15) is 0 Å². The number of ether oxygens (including phenoxy) is 3. The highest BCUT2D eigenvalue weighted by Crippen LogP contribution is 2.24. The van der Waals surface area contributed by atoms with E-state index in [1.54, 1.807) is 0 Å². The van der Waals surface area contributed by atoms with Crippen molar-refractivity contribution in [3.63, 3.8) is 0 Å². The van der Waals surface area contributed by atoms with Crippen molar-refractivity contribution >= 4 is 0 Å². The van der Waals surface area contributed by atoms with Crippen LogP contribution in [0.15, 0.2) is 0 Å². The van der Waals surface area contributed by atoms with Crippen LogP contribution in [0.4, 0.5) is 0 Å². The maximum absolute atomic E-state index is 9.90. The maximum atomic E-state index is 9.90. The lowest BCUT2D eigenvalue weighted by atomic mass is 10.1. The minimum atomic E-state index is 0.118. The predicted molar refractivity (Wildman–Crippen MR) is 353 cm³/mol. The zero-order valence-corrected chi connectivity index (χ0v) is 57.5. The van der Waals surface area contributed by atoms with Crippen molar-refractivity contribution in [2.75, 3.05) is 116 Å². The lowest BCUT2D eigenvalue weighted by molar-refractivity contribution is -0.940. The van der Waals surface area contributed by atoms with Gasteiger partial charge < -0.3 is 37.2 Å². The second-order valence-corrected chi connectivity index (χ2v) is 28.5. The van der Waals surface area contributed by atoms with Crippen LogP contribution >= 0.6 is 0 Å². The molecule has 0 aliphatic heterocycles. The van der Waals surface area contributed by atoms with Gasteiger partial charge in [0.05, 0.1) is 109 Å². The molecule has 0 aliphatic rings. The Labute approximate surface area is 505 Å².